The summed E-state index contributed by atoms with van der Waals surface area (Å²) in [6.45, 7) is 5.78. The topological polar surface area (TPSA) is 46.2 Å². The van der Waals surface area contributed by atoms with Crippen molar-refractivity contribution in [1.82, 2.24) is 0 Å². The number of thioether (sulfide) groups is 1. The van der Waals surface area contributed by atoms with Crippen molar-refractivity contribution in [2.45, 2.75) is 37.0 Å². The minimum atomic E-state index is -0.320. The molecule has 0 fully saturated rings. The van der Waals surface area contributed by atoms with Crippen LogP contribution in [0.4, 0.5) is 5.69 Å². The van der Waals surface area contributed by atoms with E-state index in [4.69, 9.17) is 5.73 Å². The second kappa shape index (κ2) is 4.71. The molecule has 2 atom stereocenters. The van der Waals surface area contributed by atoms with Gasteiger partial charge in [0.25, 0.3) is 0 Å². The van der Waals surface area contributed by atoms with Crippen LogP contribution < -0.4 is 5.73 Å². The van der Waals surface area contributed by atoms with E-state index in [0.717, 1.165) is 16.1 Å². The number of aryl methyl sites for hydroxylation is 1. The van der Waals surface area contributed by atoms with Crippen LogP contribution in [-0.2, 0) is 0 Å². The second-order valence-corrected chi connectivity index (χ2v) is 4.97. The predicted molar refractivity (Wildman–Crippen MR) is 62.6 cm³/mol. The van der Waals surface area contributed by atoms with Gasteiger partial charge in [0.2, 0.25) is 0 Å². The molecule has 1 aromatic carbocycles. The van der Waals surface area contributed by atoms with Gasteiger partial charge in [-0.15, -0.1) is 11.8 Å². The molecule has 0 heterocycles. The van der Waals surface area contributed by atoms with Gasteiger partial charge in [-0.3, -0.25) is 0 Å². The predicted octanol–water partition coefficient (Wildman–Crippen LogP) is 2.44. The van der Waals surface area contributed by atoms with E-state index in [9.17, 15) is 5.11 Å². The summed E-state index contributed by atoms with van der Waals surface area (Å²) in [4.78, 5) is 1.05. The first kappa shape index (κ1) is 11.4. The highest BCUT2D eigenvalue weighted by molar-refractivity contribution is 8.00. The van der Waals surface area contributed by atoms with Crippen molar-refractivity contribution in [3.63, 3.8) is 0 Å². The van der Waals surface area contributed by atoms with Gasteiger partial charge >= 0.3 is 0 Å². The third-order valence-corrected chi connectivity index (χ3v) is 3.65. The molecule has 2 unspecified atom stereocenters. The number of aliphatic hydroxyl groups excluding tert-OH is 1. The van der Waals surface area contributed by atoms with Crippen LogP contribution in [0.1, 0.15) is 19.4 Å². The first-order chi connectivity index (χ1) is 6.52. The van der Waals surface area contributed by atoms with Gasteiger partial charge in [-0.1, -0.05) is 19.1 Å². The molecule has 2 nitrogen and oxygen atoms in total. The van der Waals surface area contributed by atoms with Gasteiger partial charge in [0.1, 0.15) is 0 Å². The Morgan fingerprint density at radius 3 is 2.57 bits per heavy atom. The zero-order valence-corrected chi connectivity index (χ0v) is 9.64. The summed E-state index contributed by atoms with van der Waals surface area (Å²) in [6, 6.07) is 5.97. The molecule has 0 saturated heterocycles. The van der Waals surface area contributed by atoms with Crippen LogP contribution >= 0.6 is 11.8 Å². The largest absolute Gasteiger partial charge is 0.398 e. The van der Waals surface area contributed by atoms with Crippen LogP contribution in [-0.4, -0.2) is 16.5 Å². The first-order valence-corrected chi connectivity index (χ1v) is 5.60. The zero-order chi connectivity index (χ0) is 10.7. The lowest BCUT2D eigenvalue weighted by atomic mass is 10.2. The van der Waals surface area contributed by atoms with Crippen LogP contribution in [0.15, 0.2) is 23.1 Å². The lowest BCUT2D eigenvalue weighted by molar-refractivity contribution is 0.196. The Hall–Kier alpha value is -0.670. The smallest absolute Gasteiger partial charge is 0.0631 e. The van der Waals surface area contributed by atoms with Crippen LogP contribution in [0.25, 0.3) is 0 Å². The Kier molecular flexibility index (Phi) is 3.84. The summed E-state index contributed by atoms with van der Waals surface area (Å²) in [5.74, 6) is 0. The number of hydrogen-bond acceptors (Lipinski definition) is 3. The lowest BCUT2D eigenvalue weighted by Crippen LogP contribution is -2.15. The molecule has 0 saturated carbocycles. The maximum absolute atomic E-state index is 9.38. The fraction of sp³-hybridized carbons (Fsp3) is 0.455. The van der Waals surface area contributed by atoms with Crippen molar-refractivity contribution in [2.75, 3.05) is 5.73 Å². The van der Waals surface area contributed by atoms with Crippen LogP contribution in [0.2, 0.25) is 0 Å². The quantitative estimate of drug-likeness (QED) is 0.596. The third kappa shape index (κ3) is 2.66. The van der Waals surface area contributed by atoms with Gasteiger partial charge in [-0.05, 0) is 25.5 Å². The average Bonchev–Trinajstić information content (AvgIpc) is 2.12. The molecule has 0 aromatic heterocycles. The number of nitrogens with two attached hydrogens (primary N) is 1. The van der Waals surface area contributed by atoms with Crippen molar-refractivity contribution in [2.24, 2.45) is 0 Å². The van der Waals surface area contributed by atoms with E-state index >= 15 is 0 Å². The van der Waals surface area contributed by atoms with Crippen molar-refractivity contribution >= 4 is 17.4 Å². The Balaban J connectivity index is 2.82. The van der Waals surface area contributed by atoms with Crippen molar-refractivity contribution in [1.29, 1.82) is 0 Å². The molecule has 0 amide bonds. The van der Waals surface area contributed by atoms with Crippen LogP contribution in [0.5, 0.6) is 0 Å². The van der Waals surface area contributed by atoms with Crippen LogP contribution in [0.3, 0.4) is 0 Å². The fourth-order valence-corrected chi connectivity index (χ4v) is 2.10. The van der Waals surface area contributed by atoms with Gasteiger partial charge in [0.05, 0.1) is 6.10 Å². The Morgan fingerprint density at radius 1 is 1.36 bits per heavy atom. The Labute approximate surface area is 89.5 Å². The average molecular weight is 211 g/mol. The maximum Gasteiger partial charge on any atom is 0.0631 e. The summed E-state index contributed by atoms with van der Waals surface area (Å²) in [6.07, 6.45) is -0.320. The van der Waals surface area contributed by atoms with Crippen LogP contribution in [0, 0.1) is 6.92 Å². The summed E-state index contributed by atoms with van der Waals surface area (Å²) in [5.41, 5.74) is 7.84. The van der Waals surface area contributed by atoms with Crippen molar-refractivity contribution in [3.05, 3.63) is 23.8 Å². The minimum absolute atomic E-state index is 0.166. The van der Waals surface area contributed by atoms with Crippen molar-refractivity contribution in [3.8, 4) is 0 Å². The highest BCUT2D eigenvalue weighted by Gasteiger charge is 2.12. The molecule has 0 aliphatic carbocycles. The molecule has 0 radical (unpaired) electrons. The SMILES string of the molecule is Cc1cccc(SC(C)C(C)O)c1N. The number of rotatable bonds is 3. The van der Waals surface area contributed by atoms with Gasteiger partial charge in [0, 0.05) is 15.8 Å². The number of para-hydroxylation sites is 1. The van der Waals surface area contributed by atoms with Gasteiger partial charge < -0.3 is 10.8 Å². The van der Waals surface area contributed by atoms with E-state index in [1.807, 2.05) is 32.0 Å². The van der Waals surface area contributed by atoms with E-state index in [1.54, 1.807) is 18.7 Å². The summed E-state index contributed by atoms with van der Waals surface area (Å²) in [5, 5.41) is 9.55. The van der Waals surface area contributed by atoms with E-state index in [0.29, 0.717) is 0 Å². The molecule has 0 bridgehead atoms. The van der Waals surface area contributed by atoms with Crippen molar-refractivity contribution < 1.29 is 5.11 Å². The number of nitrogen functional groups attached to an aromatic ring is 1. The molecule has 14 heavy (non-hydrogen) atoms. The first-order valence-electron chi connectivity index (χ1n) is 4.72. The summed E-state index contributed by atoms with van der Waals surface area (Å²) in [7, 11) is 0. The number of hydrogen-bond donors (Lipinski definition) is 2. The van der Waals surface area contributed by atoms with Gasteiger partial charge in [-0.25, -0.2) is 0 Å². The zero-order valence-electron chi connectivity index (χ0n) is 8.82. The maximum atomic E-state index is 9.38. The Bertz CT molecular complexity index is 312. The third-order valence-electron chi connectivity index (χ3n) is 2.28. The van der Waals surface area contributed by atoms with E-state index in [2.05, 4.69) is 0 Å². The number of benzene rings is 1. The fourth-order valence-electron chi connectivity index (χ4n) is 1.06. The van der Waals surface area contributed by atoms with E-state index < -0.39 is 0 Å². The molecule has 3 N–H and O–H groups in total. The van der Waals surface area contributed by atoms with E-state index in [-0.39, 0.29) is 11.4 Å². The van der Waals surface area contributed by atoms with Gasteiger partial charge in [0.15, 0.2) is 0 Å². The molecule has 3 heteroatoms. The highest BCUT2D eigenvalue weighted by atomic mass is 32.2. The molecule has 78 valence electrons. The Morgan fingerprint density at radius 2 is 2.00 bits per heavy atom. The van der Waals surface area contributed by atoms with E-state index in [1.165, 1.54) is 0 Å². The summed E-state index contributed by atoms with van der Waals surface area (Å²) >= 11 is 1.62. The van der Waals surface area contributed by atoms with Gasteiger partial charge in [-0.2, -0.15) is 0 Å². The highest BCUT2D eigenvalue weighted by Crippen LogP contribution is 2.31. The molecule has 0 spiro atoms. The monoisotopic (exact) mass is 211 g/mol. The number of anilines is 1. The molecule has 0 aliphatic rings. The second-order valence-electron chi connectivity index (χ2n) is 3.55. The molecule has 1 aromatic rings. The lowest BCUT2D eigenvalue weighted by Gasteiger charge is -2.15. The molecule has 1 rings (SSSR count). The molecular weight excluding hydrogens is 194 g/mol. The standard InChI is InChI=1S/C11H17NOS/c1-7-5-4-6-10(11(7)12)14-9(3)8(2)13/h4-6,8-9,13H,12H2,1-3H3. The molecular formula is C11H17NOS. The normalized spacial score (nSPS) is 15.1. The minimum Gasteiger partial charge on any atom is -0.398 e. The molecule has 0 aliphatic heterocycles. The number of aliphatic hydroxyl groups is 1. The summed E-state index contributed by atoms with van der Waals surface area (Å²) < 4.78 is 0.